The summed E-state index contributed by atoms with van der Waals surface area (Å²) in [6.07, 6.45) is -3.03. The van der Waals surface area contributed by atoms with Gasteiger partial charge < -0.3 is 9.73 Å². The first kappa shape index (κ1) is 13.5. The van der Waals surface area contributed by atoms with Gasteiger partial charge in [-0.3, -0.25) is 0 Å². The van der Waals surface area contributed by atoms with Crippen LogP contribution in [0.15, 0.2) is 10.6 Å². The van der Waals surface area contributed by atoms with Gasteiger partial charge in [0.2, 0.25) is 5.89 Å². The van der Waals surface area contributed by atoms with Crippen LogP contribution in [0.2, 0.25) is 0 Å². The van der Waals surface area contributed by atoms with E-state index in [0.29, 0.717) is 11.7 Å². The van der Waals surface area contributed by atoms with E-state index in [0.717, 1.165) is 0 Å². The Labute approximate surface area is 96.4 Å². The van der Waals surface area contributed by atoms with Gasteiger partial charge >= 0.3 is 6.18 Å². The standard InChI is InChI=1S/C10H12F3N3O/c1-6-4-16-9(17-6)7(2)15-5-8(3-14)10(11,12)13/h4,7-8,15H,5H2,1-2H3. The van der Waals surface area contributed by atoms with Crippen LogP contribution in [0, 0.1) is 24.2 Å². The number of hydrogen-bond acceptors (Lipinski definition) is 4. The fourth-order valence-corrected chi connectivity index (χ4v) is 1.19. The van der Waals surface area contributed by atoms with Crippen molar-refractivity contribution in [3.8, 4) is 6.07 Å². The van der Waals surface area contributed by atoms with Gasteiger partial charge in [0.05, 0.1) is 18.3 Å². The van der Waals surface area contributed by atoms with Gasteiger partial charge in [-0.2, -0.15) is 18.4 Å². The van der Waals surface area contributed by atoms with E-state index < -0.39 is 24.7 Å². The second kappa shape index (κ2) is 5.19. The lowest BCUT2D eigenvalue weighted by Gasteiger charge is -2.16. The second-order valence-electron chi connectivity index (χ2n) is 3.66. The van der Waals surface area contributed by atoms with Crippen molar-refractivity contribution in [3.63, 3.8) is 0 Å². The lowest BCUT2D eigenvalue weighted by Crippen LogP contribution is -2.33. The maximum atomic E-state index is 12.3. The summed E-state index contributed by atoms with van der Waals surface area (Å²) in [6, 6.07) is 0.745. The molecule has 2 unspecified atom stereocenters. The summed E-state index contributed by atoms with van der Waals surface area (Å²) in [6.45, 7) is 2.83. The van der Waals surface area contributed by atoms with Crippen molar-refractivity contribution in [1.29, 1.82) is 5.26 Å². The highest BCUT2D eigenvalue weighted by Gasteiger charge is 2.39. The Morgan fingerprint density at radius 2 is 2.24 bits per heavy atom. The maximum Gasteiger partial charge on any atom is 0.405 e. The van der Waals surface area contributed by atoms with E-state index in [1.165, 1.54) is 12.3 Å². The summed E-state index contributed by atoms with van der Waals surface area (Å²) in [5.74, 6) is -1.14. The Bertz CT molecular complexity index is 408. The topological polar surface area (TPSA) is 61.9 Å². The van der Waals surface area contributed by atoms with Gasteiger partial charge in [-0.15, -0.1) is 0 Å². The average Bonchev–Trinajstić information content (AvgIpc) is 2.63. The van der Waals surface area contributed by atoms with Crippen LogP contribution in [0.1, 0.15) is 24.6 Å². The second-order valence-corrected chi connectivity index (χ2v) is 3.66. The fourth-order valence-electron chi connectivity index (χ4n) is 1.19. The third-order valence-corrected chi connectivity index (χ3v) is 2.19. The van der Waals surface area contributed by atoms with Gasteiger partial charge in [0.15, 0.2) is 5.92 Å². The minimum atomic E-state index is -4.52. The van der Waals surface area contributed by atoms with Crippen LogP contribution in [0.5, 0.6) is 0 Å². The summed E-state index contributed by atoms with van der Waals surface area (Å²) < 4.78 is 42.0. The molecular weight excluding hydrogens is 235 g/mol. The van der Waals surface area contributed by atoms with Crippen molar-refractivity contribution < 1.29 is 17.6 Å². The quantitative estimate of drug-likeness (QED) is 0.887. The minimum Gasteiger partial charge on any atom is -0.444 e. The van der Waals surface area contributed by atoms with E-state index in [9.17, 15) is 13.2 Å². The molecule has 0 fully saturated rings. The zero-order valence-electron chi connectivity index (χ0n) is 9.38. The Balaban J connectivity index is 2.54. The van der Waals surface area contributed by atoms with Gasteiger partial charge in [-0.25, -0.2) is 4.98 Å². The molecule has 0 aliphatic carbocycles. The molecule has 0 aliphatic heterocycles. The molecule has 4 nitrogen and oxygen atoms in total. The van der Waals surface area contributed by atoms with Crippen LogP contribution < -0.4 is 5.32 Å². The third-order valence-electron chi connectivity index (χ3n) is 2.19. The number of aryl methyl sites for hydroxylation is 1. The van der Waals surface area contributed by atoms with Crippen LogP contribution in [-0.4, -0.2) is 17.7 Å². The monoisotopic (exact) mass is 247 g/mol. The fraction of sp³-hybridized carbons (Fsp3) is 0.600. The number of oxazole rings is 1. The smallest absolute Gasteiger partial charge is 0.405 e. The van der Waals surface area contributed by atoms with Crippen LogP contribution in [0.3, 0.4) is 0 Å². The van der Waals surface area contributed by atoms with Gasteiger partial charge in [-0.1, -0.05) is 0 Å². The van der Waals surface area contributed by atoms with Gasteiger partial charge in [0.25, 0.3) is 0 Å². The van der Waals surface area contributed by atoms with Gasteiger partial charge in [0.1, 0.15) is 5.76 Å². The molecule has 94 valence electrons. The first-order valence-electron chi connectivity index (χ1n) is 4.96. The molecule has 7 heteroatoms. The number of hydrogen-bond donors (Lipinski definition) is 1. The van der Waals surface area contributed by atoms with E-state index in [1.54, 1.807) is 13.8 Å². The van der Waals surface area contributed by atoms with Crippen molar-refractivity contribution in [2.75, 3.05) is 6.54 Å². The lowest BCUT2D eigenvalue weighted by atomic mass is 10.1. The first-order chi connectivity index (χ1) is 7.84. The largest absolute Gasteiger partial charge is 0.444 e. The van der Waals surface area contributed by atoms with Gasteiger partial charge in [-0.05, 0) is 13.8 Å². The van der Waals surface area contributed by atoms with Crippen LogP contribution in [0.4, 0.5) is 13.2 Å². The molecule has 17 heavy (non-hydrogen) atoms. The number of halogens is 3. The highest BCUT2D eigenvalue weighted by atomic mass is 19.4. The molecule has 1 aromatic heterocycles. The molecular formula is C10H12F3N3O. The Morgan fingerprint density at radius 1 is 1.59 bits per heavy atom. The third kappa shape index (κ3) is 3.75. The summed E-state index contributed by atoms with van der Waals surface area (Å²) in [5, 5.41) is 11.0. The lowest BCUT2D eigenvalue weighted by molar-refractivity contribution is -0.158. The van der Waals surface area contributed by atoms with Crippen molar-refractivity contribution >= 4 is 0 Å². The zero-order valence-corrected chi connectivity index (χ0v) is 9.38. The highest BCUT2D eigenvalue weighted by molar-refractivity contribution is 4.96. The van der Waals surface area contributed by atoms with Crippen LogP contribution >= 0.6 is 0 Å². The number of nitrogens with one attached hydrogen (secondary N) is 1. The molecule has 0 amide bonds. The summed E-state index contributed by atoms with van der Waals surface area (Å²) in [5.41, 5.74) is 0. The Kier molecular flexibility index (Phi) is 4.12. The molecule has 0 bridgehead atoms. The average molecular weight is 247 g/mol. The van der Waals surface area contributed by atoms with E-state index in [4.69, 9.17) is 9.68 Å². The Hall–Kier alpha value is -1.55. The van der Waals surface area contributed by atoms with Crippen molar-refractivity contribution in [1.82, 2.24) is 10.3 Å². The van der Waals surface area contributed by atoms with E-state index in [2.05, 4.69) is 10.3 Å². The normalized spacial score (nSPS) is 15.3. The molecule has 0 radical (unpaired) electrons. The summed E-state index contributed by atoms with van der Waals surface area (Å²) in [4.78, 5) is 3.89. The number of nitrogens with zero attached hydrogens (tertiary/aromatic N) is 2. The predicted octanol–water partition coefficient (Wildman–Crippen LogP) is 2.34. The van der Waals surface area contributed by atoms with Crippen molar-refractivity contribution in [3.05, 3.63) is 17.8 Å². The zero-order chi connectivity index (χ0) is 13.1. The van der Waals surface area contributed by atoms with E-state index >= 15 is 0 Å². The molecule has 1 N–H and O–H groups in total. The molecule has 1 aromatic rings. The first-order valence-corrected chi connectivity index (χ1v) is 4.96. The number of nitriles is 1. The summed E-state index contributed by atoms with van der Waals surface area (Å²) in [7, 11) is 0. The SMILES string of the molecule is Cc1cnc(C(C)NCC(C#N)C(F)(F)F)o1. The van der Waals surface area contributed by atoms with E-state index in [-0.39, 0.29) is 0 Å². The minimum absolute atomic E-state index is 0.307. The molecule has 0 saturated carbocycles. The molecule has 0 aromatic carbocycles. The number of aromatic nitrogens is 1. The predicted molar refractivity (Wildman–Crippen MR) is 52.8 cm³/mol. The maximum absolute atomic E-state index is 12.3. The molecule has 1 heterocycles. The van der Waals surface area contributed by atoms with E-state index in [1.807, 2.05) is 0 Å². The molecule has 2 atom stereocenters. The Morgan fingerprint density at radius 3 is 2.65 bits per heavy atom. The molecule has 1 rings (SSSR count). The molecule has 0 saturated heterocycles. The van der Waals surface area contributed by atoms with Crippen LogP contribution in [-0.2, 0) is 0 Å². The van der Waals surface area contributed by atoms with Crippen molar-refractivity contribution in [2.24, 2.45) is 5.92 Å². The van der Waals surface area contributed by atoms with Crippen molar-refractivity contribution in [2.45, 2.75) is 26.1 Å². The molecule has 0 spiro atoms. The molecule has 0 aliphatic rings. The number of alkyl halides is 3. The number of rotatable bonds is 4. The van der Waals surface area contributed by atoms with Gasteiger partial charge in [0, 0.05) is 6.54 Å². The summed E-state index contributed by atoms with van der Waals surface area (Å²) >= 11 is 0. The highest BCUT2D eigenvalue weighted by Crippen LogP contribution is 2.25. The van der Waals surface area contributed by atoms with Crippen LogP contribution in [0.25, 0.3) is 0 Å².